The Kier molecular flexibility index (Phi) is 4.74. The molecule has 4 heterocycles. The van der Waals surface area contributed by atoms with Crippen molar-refractivity contribution in [2.45, 2.75) is 12.8 Å². The Morgan fingerprint density at radius 2 is 2.27 bits per heavy atom. The minimum Gasteiger partial charge on any atom is -0.367 e. The van der Waals surface area contributed by atoms with Gasteiger partial charge in [-0.25, -0.2) is 19.3 Å². The zero-order chi connectivity index (χ0) is 18.1. The molecule has 0 spiro atoms. The number of rotatable bonds is 4. The van der Waals surface area contributed by atoms with Crippen molar-refractivity contribution >= 4 is 28.5 Å². The first kappa shape index (κ1) is 17.2. The highest BCUT2D eigenvalue weighted by Crippen LogP contribution is 2.28. The molecule has 1 fully saturated rings. The summed E-state index contributed by atoms with van der Waals surface area (Å²) in [6.45, 7) is 2.83. The monoisotopic (exact) mass is 374 g/mol. The van der Waals surface area contributed by atoms with Crippen LogP contribution in [0.4, 0.5) is 10.2 Å². The minimum atomic E-state index is -0.450. The summed E-state index contributed by atoms with van der Waals surface area (Å²) >= 11 is 6.05. The molecule has 2 N–H and O–H groups in total. The van der Waals surface area contributed by atoms with Gasteiger partial charge in [0.25, 0.3) is 0 Å². The van der Waals surface area contributed by atoms with Crippen molar-refractivity contribution in [3.63, 3.8) is 0 Å². The quantitative estimate of drug-likeness (QED) is 0.730. The average Bonchev–Trinajstić information content (AvgIpc) is 3.04. The van der Waals surface area contributed by atoms with Crippen molar-refractivity contribution < 1.29 is 4.39 Å². The SMILES string of the molecule is CN1CCC[C@@H](CNc2nc(-c3c[nH]c4ncc(Cl)cc34)ncc2F)C1. The normalized spacial score (nSPS) is 18.3. The summed E-state index contributed by atoms with van der Waals surface area (Å²) in [5.74, 6) is 0.703. The van der Waals surface area contributed by atoms with E-state index in [2.05, 4.69) is 37.2 Å². The molecule has 0 saturated carbocycles. The molecule has 4 rings (SSSR count). The number of halogens is 2. The topological polar surface area (TPSA) is 69.7 Å². The number of aromatic amines is 1. The third kappa shape index (κ3) is 3.50. The maximum atomic E-state index is 14.2. The van der Waals surface area contributed by atoms with E-state index in [0.717, 1.165) is 30.5 Å². The van der Waals surface area contributed by atoms with E-state index in [9.17, 15) is 4.39 Å². The van der Waals surface area contributed by atoms with Gasteiger partial charge in [0, 0.05) is 36.4 Å². The lowest BCUT2D eigenvalue weighted by Crippen LogP contribution is -2.35. The molecule has 6 nitrogen and oxygen atoms in total. The summed E-state index contributed by atoms with van der Waals surface area (Å²) in [6.07, 6.45) is 6.85. The zero-order valence-corrected chi connectivity index (χ0v) is 15.2. The summed E-state index contributed by atoms with van der Waals surface area (Å²) < 4.78 is 14.2. The number of hydrogen-bond donors (Lipinski definition) is 2. The van der Waals surface area contributed by atoms with Crippen LogP contribution in [-0.2, 0) is 0 Å². The Morgan fingerprint density at radius 1 is 1.38 bits per heavy atom. The van der Waals surface area contributed by atoms with Crippen molar-refractivity contribution in [2.75, 3.05) is 32.0 Å². The molecule has 1 aliphatic rings. The highest BCUT2D eigenvalue weighted by Gasteiger charge is 2.18. The number of hydrogen-bond acceptors (Lipinski definition) is 5. The van der Waals surface area contributed by atoms with Gasteiger partial charge >= 0.3 is 0 Å². The summed E-state index contributed by atoms with van der Waals surface area (Å²) in [4.78, 5) is 18.1. The van der Waals surface area contributed by atoms with Crippen molar-refractivity contribution in [1.29, 1.82) is 0 Å². The van der Waals surface area contributed by atoms with Gasteiger partial charge in [-0.05, 0) is 38.4 Å². The Morgan fingerprint density at radius 3 is 3.12 bits per heavy atom. The van der Waals surface area contributed by atoms with Crippen LogP contribution in [0.2, 0.25) is 5.02 Å². The molecule has 8 heteroatoms. The fourth-order valence-electron chi connectivity index (χ4n) is 3.46. The van der Waals surface area contributed by atoms with Gasteiger partial charge in [0.1, 0.15) is 5.65 Å². The van der Waals surface area contributed by atoms with Crippen molar-refractivity contribution in [1.82, 2.24) is 24.8 Å². The molecule has 1 aliphatic heterocycles. The Balaban J connectivity index is 1.58. The van der Waals surface area contributed by atoms with Gasteiger partial charge in [-0.15, -0.1) is 0 Å². The third-order valence-electron chi connectivity index (χ3n) is 4.76. The minimum absolute atomic E-state index is 0.229. The van der Waals surface area contributed by atoms with Gasteiger partial charge in [0.05, 0.1) is 11.2 Å². The molecule has 0 unspecified atom stereocenters. The van der Waals surface area contributed by atoms with Gasteiger partial charge in [-0.2, -0.15) is 0 Å². The first-order valence-electron chi connectivity index (χ1n) is 8.68. The second kappa shape index (κ2) is 7.17. The zero-order valence-electron chi connectivity index (χ0n) is 14.5. The van der Waals surface area contributed by atoms with E-state index in [0.29, 0.717) is 29.0 Å². The van der Waals surface area contributed by atoms with E-state index in [1.807, 2.05) is 0 Å². The van der Waals surface area contributed by atoms with Gasteiger partial charge in [-0.3, -0.25) is 0 Å². The number of nitrogens with one attached hydrogen (secondary N) is 2. The van der Waals surface area contributed by atoms with E-state index in [1.165, 1.54) is 12.6 Å². The van der Waals surface area contributed by atoms with Crippen LogP contribution in [0.25, 0.3) is 22.4 Å². The number of piperidine rings is 1. The molecule has 0 radical (unpaired) electrons. The molecule has 3 aromatic rings. The molecule has 0 aliphatic carbocycles. The van der Waals surface area contributed by atoms with Crippen LogP contribution < -0.4 is 5.32 Å². The number of anilines is 1. The standard InChI is InChI=1S/C18H20ClFN6/c1-26-4-2-3-11(10-26)6-21-18-15(20)9-24-17(25-18)14-8-23-16-13(14)5-12(19)7-22-16/h5,7-9,11H,2-4,6,10H2,1H3,(H,22,23)(H,21,24,25)/t11-/m0/s1. The van der Waals surface area contributed by atoms with E-state index >= 15 is 0 Å². The molecule has 0 amide bonds. The predicted octanol–water partition coefficient (Wildman–Crippen LogP) is 3.57. The number of fused-ring (bicyclic) bond motifs is 1. The van der Waals surface area contributed by atoms with Gasteiger partial charge in [0.2, 0.25) is 0 Å². The van der Waals surface area contributed by atoms with Crippen molar-refractivity contribution in [3.8, 4) is 11.4 Å². The lowest BCUT2D eigenvalue weighted by Gasteiger charge is -2.29. The van der Waals surface area contributed by atoms with Crippen LogP contribution in [0.1, 0.15) is 12.8 Å². The summed E-state index contributed by atoms with van der Waals surface area (Å²) in [5, 5.41) is 4.50. The number of likely N-dealkylation sites (tertiary alicyclic amines) is 1. The molecule has 1 atom stereocenters. The largest absolute Gasteiger partial charge is 0.367 e. The number of pyridine rings is 1. The maximum Gasteiger partial charge on any atom is 0.183 e. The first-order valence-corrected chi connectivity index (χ1v) is 9.06. The predicted molar refractivity (Wildman–Crippen MR) is 101 cm³/mol. The molecule has 3 aromatic heterocycles. The number of nitrogens with zero attached hydrogens (tertiary/aromatic N) is 4. The summed E-state index contributed by atoms with van der Waals surface area (Å²) in [7, 11) is 2.12. The lowest BCUT2D eigenvalue weighted by molar-refractivity contribution is 0.217. The van der Waals surface area contributed by atoms with E-state index in [4.69, 9.17) is 11.6 Å². The van der Waals surface area contributed by atoms with Crippen LogP contribution in [0, 0.1) is 11.7 Å². The van der Waals surface area contributed by atoms with E-state index in [-0.39, 0.29) is 5.82 Å². The van der Waals surface area contributed by atoms with Crippen molar-refractivity contribution in [3.05, 3.63) is 35.5 Å². The molecular formula is C18H20ClFN6. The van der Waals surface area contributed by atoms with Gasteiger partial charge < -0.3 is 15.2 Å². The summed E-state index contributed by atoms with van der Waals surface area (Å²) in [5.41, 5.74) is 1.44. The first-order chi connectivity index (χ1) is 12.6. The molecule has 0 aromatic carbocycles. The second-order valence-electron chi connectivity index (χ2n) is 6.79. The van der Waals surface area contributed by atoms with E-state index in [1.54, 1.807) is 18.5 Å². The fourth-order valence-corrected chi connectivity index (χ4v) is 3.62. The lowest BCUT2D eigenvalue weighted by atomic mass is 9.98. The van der Waals surface area contributed by atoms with Gasteiger partial charge in [-0.1, -0.05) is 11.6 Å². The van der Waals surface area contributed by atoms with E-state index < -0.39 is 5.82 Å². The Hall–Kier alpha value is -2.25. The third-order valence-corrected chi connectivity index (χ3v) is 4.97. The maximum absolute atomic E-state index is 14.2. The van der Waals surface area contributed by atoms with Crippen LogP contribution in [0.15, 0.2) is 24.7 Å². The van der Waals surface area contributed by atoms with Gasteiger partial charge in [0.15, 0.2) is 17.5 Å². The van der Waals surface area contributed by atoms with Crippen LogP contribution in [-0.4, -0.2) is 51.5 Å². The number of aromatic nitrogens is 4. The van der Waals surface area contributed by atoms with Crippen molar-refractivity contribution in [2.24, 2.45) is 5.92 Å². The Bertz CT molecular complexity index is 927. The molecule has 1 saturated heterocycles. The highest BCUT2D eigenvalue weighted by atomic mass is 35.5. The Labute approximate surface area is 155 Å². The molecule has 136 valence electrons. The highest BCUT2D eigenvalue weighted by molar-refractivity contribution is 6.31. The summed E-state index contributed by atoms with van der Waals surface area (Å²) in [6, 6.07) is 1.80. The fraction of sp³-hybridized carbons (Fsp3) is 0.389. The smallest absolute Gasteiger partial charge is 0.183 e. The molecule has 0 bridgehead atoms. The molecule has 26 heavy (non-hydrogen) atoms. The van der Waals surface area contributed by atoms with Crippen LogP contribution in [0.3, 0.4) is 0 Å². The average molecular weight is 375 g/mol. The van der Waals surface area contributed by atoms with Crippen LogP contribution in [0.5, 0.6) is 0 Å². The van der Waals surface area contributed by atoms with Crippen LogP contribution >= 0.6 is 11.6 Å². The second-order valence-corrected chi connectivity index (χ2v) is 7.23. The number of H-pyrrole nitrogens is 1. The molecular weight excluding hydrogens is 355 g/mol.